The highest BCUT2D eigenvalue weighted by Crippen LogP contribution is 2.34. The maximum Gasteiger partial charge on any atom is 0.317 e. The summed E-state index contributed by atoms with van der Waals surface area (Å²) < 4.78 is 0. The molecule has 120 valence electrons. The molecule has 2 fully saturated rings. The van der Waals surface area contributed by atoms with E-state index in [4.69, 9.17) is 0 Å². The molecular weight excluding hydrogens is 270 g/mol. The number of carbonyl (C=O) groups excluding carboxylic acids is 1. The van der Waals surface area contributed by atoms with Crippen LogP contribution in [-0.2, 0) is 4.79 Å². The molecule has 6 heteroatoms. The number of aliphatic carboxylic acids is 1. The molecule has 0 bridgehead atoms. The van der Waals surface area contributed by atoms with Crippen LogP contribution in [0.15, 0.2) is 0 Å². The molecule has 2 aliphatic rings. The van der Waals surface area contributed by atoms with Gasteiger partial charge in [0.1, 0.15) is 0 Å². The molecule has 0 spiro atoms. The Hall–Kier alpha value is -1.30. The number of carboxylic acids is 1. The van der Waals surface area contributed by atoms with Crippen LogP contribution in [0.4, 0.5) is 4.79 Å². The first-order valence-corrected chi connectivity index (χ1v) is 7.87. The Morgan fingerprint density at radius 1 is 1.48 bits per heavy atom. The molecule has 0 aromatic carbocycles. The van der Waals surface area contributed by atoms with Gasteiger partial charge in [0.2, 0.25) is 0 Å². The number of amides is 2. The summed E-state index contributed by atoms with van der Waals surface area (Å²) in [6, 6.07) is 0.838. The quantitative estimate of drug-likeness (QED) is 0.776. The minimum absolute atomic E-state index is 0.136. The molecule has 1 heterocycles. The van der Waals surface area contributed by atoms with Crippen molar-refractivity contribution in [3.63, 3.8) is 0 Å². The van der Waals surface area contributed by atoms with E-state index < -0.39 is 11.4 Å². The van der Waals surface area contributed by atoms with Gasteiger partial charge in [0.25, 0.3) is 0 Å². The smallest absolute Gasteiger partial charge is 0.317 e. The fourth-order valence-electron chi connectivity index (χ4n) is 2.99. The third-order valence-corrected chi connectivity index (χ3v) is 5.14. The monoisotopic (exact) mass is 297 g/mol. The van der Waals surface area contributed by atoms with E-state index in [1.54, 1.807) is 4.90 Å². The van der Waals surface area contributed by atoms with Gasteiger partial charge in [-0.15, -0.1) is 0 Å². The number of likely N-dealkylation sites (N-methyl/N-ethyl adjacent to an activating group) is 1. The highest BCUT2D eigenvalue weighted by Gasteiger charge is 2.44. The van der Waals surface area contributed by atoms with Crippen LogP contribution < -0.4 is 5.32 Å². The average molecular weight is 297 g/mol. The standard InChI is InChI=1S/C15H27N3O3/c1-4-15(13(19)20)7-8-18(10-15)14(21)16-9-11(2)17(3)12-5-6-12/h11-12H,4-10H2,1-3H3,(H,16,21)(H,19,20). The molecular formula is C15H27N3O3. The molecule has 2 unspecified atom stereocenters. The van der Waals surface area contributed by atoms with E-state index in [0.29, 0.717) is 44.6 Å². The maximum absolute atomic E-state index is 12.2. The second kappa shape index (κ2) is 6.22. The van der Waals surface area contributed by atoms with E-state index in [-0.39, 0.29) is 6.03 Å². The van der Waals surface area contributed by atoms with Crippen LogP contribution in [0.1, 0.15) is 39.5 Å². The summed E-state index contributed by atoms with van der Waals surface area (Å²) in [5.41, 5.74) is -0.756. The van der Waals surface area contributed by atoms with Gasteiger partial charge in [-0.05, 0) is 39.7 Å². The summed E-state index contributed by atoms with van der Waals surface area (Å²) in [5.74, 6) is -0.790. The van der Waals surface area contributed by atoms with E-state index in [2.05, 4.69) is 24.2 Å². The summed E-state index contributed by atoms with van der Waals surface area (Å²) in [7, 11) is 2.09. The van der Waals surface area contributed by atoms with Crippen LogP contribution >= 0.6 is 0 Å². The van der Waals surface area contributed by atoms with Crippen molar-refractivity contribution >= 4 is 12.0 Å². The SMILES string of the molecule is CCC1(C(=O)O)CCN(C(=O)NCC(C)N(C)C2CC2)C1. The lowest BCUT2D eigenvalue weighted by Crippen LogP contribution is -2.46. The number of carbonyl (C=O) groups is 2. The van der Waals surface area contributed by atoms with E-state index in [0.717, 1.165) is 0 Å². The first-order chi connectivity index (χ1) is 9.89. The number of nitrogens with zero attached hydrogens (tertiary/aromatic N) is 2. The molecule has 6 nitrogen and oxygen atoms in total. The number of urea groups is 1. The Kier molecular flexibility index (Phi) is 4.76. The predicted octanol–water partition coefficient (Wildman–Crippen LogP) is 1.37. The lowest BCUT2D eigenvalue weighted by atomic mass is 9.84. The van der Waals surface area contributed by atoms with Gasteiger partial charge in [0.05, 0.1) is 5.41 Å². The Bertz CT molecular complexity index is 411. The third kappa shape index (κ3) is 3.48. The van der Waals surface area contributed by atoms with Gasteiger partial charge in [-0.2, -0.15) is 0 Å². The number of likely N-dealkylation sites (tertiary alicyclic amines) is 1. The van der Waals surface area contributed by atoms with Crippen molar-refractivity contribution in [1.82, 2.24) is 15.1 Å². The van der Waals surface area contributed by atoms with Gasteiger partial charge in [-0.1, -0.05) is 6.92 Å². The van der Waals surface area contributed by atoms with Gasteiger partial charge < -0.3 is 15.3 Å². The fourth-order valence-corrected chi connectivity index (χ4v) is 2.99. The number of hydrogen-bond acceptors (Lipinski definition) is 3. The van der Waals surface area contributed by atoms with Crippen LogP contribution in [0.3, 0.4) is 0 Å². The fraction of sp³-hybridized carbons (Fsp3) is 0.867. The number of hydrogen-bond donors (Lipinski definition) is 2. The van der Waals surface area contributed by atoms with Crippen molar-refractivity contribution in [2.24, 2.45) is 5.41 Å². The van der Waals surface area contributed by atoms with Crippen LogP contribution in [-0.4, -0.2) is 65.7 Å². The Labute approximate surface area is 126 Å². The first-order valence-electron chi connectivity index (χ1n) is 7.87. The van der Waals surface area contributed by atoms with Gasteiger partial charge in [-0.3, -0.25) is 9.69 Å². The van der Waals surface area contributed by atoms with E-state index in [1.807, 2.05) is 6.92 Å². The second-order valence-electron chi connectivity index (χ2n) is 6.54. The zero-order valence-corrected chi connectivity index (χ0v) is 13.3. The molecule has 0 aromatic heterocycles. The maximum atomic E-state index is 12.2. The van der Waals surface area contributed by atoms with Crippen molar-refractivity contribution in [3.05, 3.63) is 0 Å². The minimum atomic E-state index is -0.790. The lowest BCUT2D eigenvalue weighted by molar-refractivity contribution is -0.148. The zero-order chi connectivity index (χ0) is 15.6. The van der Waals surface area contributed by atoms with Gasteiger partial charge in [0, 0.05) is 31.7 Å². The second-order valence-corrected chi connectivity index (χ2v) is 6.54. The van der Waals surface area contributed by atoms with Crippen molar-refractivity contribution in [3.8, 4) is 0 Å². The normalized spacial score (nSPS) is 27.0. The number of rotatable bonds is 6. The Morgan fingerprint density at radius 2 is 2.14 bits per heavy atom. The third-order valence-electron chi connectivity index (χ3n) is 5.14. The predicted molar refractivity (Wildman–Crippen MR) is 80.2 cm³/mol. The topological polar surface area (TPSA) is 72.9 Å². The lowest BCUT2D eigenvalue weighted by Gasteiger charge is -2.27. The van der Waals surface area contributed by atoms with E-state index in [9.17, 15) is 14.7 Å². The summed E-state index contributed by atoms with van der Waals surface area (Å²) in [6.07, 6.45) is 3.60. The summed E-state index contributed by atoms with van der Waals surface area (Å²) >= 11 is 0. The van der Waals surface area contributed by atoms with E-state index >= 15 is 0 Å². The molecule has 2 N–H and O–H groups in total. The molecule has 0 radical (unpaired) electrons. The first kappa shape index (κ1) is 16.1. The van der Waals surface area contributed by atoms with Crippen molar-refractivity contribution in [2.75, 3.05) is 26.7 Å². The molecule has 1 saturated heterocycles. The number of nitrogens with one attached hydrogen (secondary N) is 1. The zero-order valence-electron chi connectivity index (χ0n) is 13.3. The van der Waals surface area contributed by atoms with Crippen molar-refractivity contribution < 1.29 is 14.7 Å². The molecule has 2 amide bonds. The largest absolute Gasteiger partial charge is 0.481 e. The molecule has 2 atom stereocenters. The van der Waals surface area contributed by atoms with Crippen LogP contribution in [0.25, 0.3) is 0 Å². The number of carboxylic acid groups (broad SMARTS) is 1. The summed E-state index contributed by atoms with van der Waals surface area (Å²) in [6.45, 7) is 5.43. The molecule has 21 heavy (non-hydrogen) atoms. The highest BCUT2D eigenvalue weighted by molar-refractivity contribution is 5.79. The van der Waals surface area contributed by atoms with Crippen LogP contribution in [0, 0.1) is 5.41 Å². The average Bonchev–Trinajstić information content (AvgIpc) is 3.21. The molecule has 1 aliphatic heterocycles. The molecule has 2 rings (SSSR count). The Morgan fingerprint density at radius 3 is 2.62 bits per heavy atom. The summed E-state index contributed by atoms with van der Waals surface area (Å²) in [5, 5.41) is 12.3. The molecule has 1 saturated carbocycles. The minimum Gasteiger partial charge on any atom is -0.481 e. The van der Waals surface area contributed by atoms with Crippen LogP contribution in [0.5, 0.6) is 0 Å². The molecule has 1 aliphatic carbocycles. The molecule has 0 aromatic rings. The summed E-state index contributed by atoms with van der Waals surface area (Å²) in [4.78, 5) is 27.5. The highest BCUT2D eigenvalue weighted by atomic mass is 16.4. The van der Waals surface area contributed by atoms with Crippen molar-refractivity contribution in [2.45, 2.75) is 51.6 Å². The van der Waals surface area contributed by atoms with Gasteiger partial charge in [-0.25, -0.2) is 4.79 Å². The van der Waals surface area contributed by atoms with Crippen LogP contribution in [0.2, 0.25) is 0 Å². The Balaban J connectivity index is 1.80. The van der Waals surface area contributed by atoms with Gasteiger partial charge in [0.15, 0.2) is 0 Å². The van der Waals surface area contributed by atoms with Crippen molar-refractivity contribution in [1.29, 1.82) is 0 Å². The van der Waals surface area contributed by atoms with E-state index in [1.165, 1.54) is 12.8 Å². The van der Waals surface area contributed by atoms with Gasteiger partial charge >= 0.3 is 12.0 Å².